The molecule has 3 rings (SSSR count). The van der Waals surface area contributed by atoms with E-state index in [-0.39, 0.29) is 11.9 Å². The Morgan fingerprint density at radius 2 is 2.10 bits per heavy atom. The van der Waals surface area contributed by atoms with Crippen molar-refractivity contribution < 1.29 is 4.79 Å². The van der Waals surface area contributed by atoms with E-state index in [0.29, 0.717) is 0 Å². The summed E-state index contributed by atoms with van der Waals surface area (Å²) in [4.78, 5) is 18.8. The lowest BCUT2D eigenvalue weighted by molar-refractivity contribution is -0.117. The fourth-order valence-corrected chi connectivity index (χ4v) is 2.91. The van der Waals surface area contributed by atoms with Gasteiger partial charge < -0.3 is 15.5 Å². The number of carbonyl (C=O) groups is 1. The zero-order chi connectivity index (χ0) is 13.8. The third kappa shape index (κ3) is 3.10. The Kier molecular flexibility index (Phi) is 4.16. The van der Waals surface area contributed by atoms with Crippen LogP contribution in [0.1, 0.15) is 32.1 Å². The maximum Gasteiger partial charge on any atom is 0.241 e. The molecule has 1 aromatic rings. The first kappa shape index (κ1) is 13.4. The fraction of sp³-hybridized carbons (Fsp3) is 0.600. The molecule has 0 saturated carbocycles. The van der Waals surface area contributed by atoms with Crippen LogP contribution < -0.4 is 15.5 Å². The lowest BCUT2D eigenvalue weighted by Crippen LogP contribution is -2.35. The summed E-state index contributed by atoms with van der Waals surface area (Å²) in [5, 5.41) is 6.13. The number of hydrogen-bond acceptors (Lipinski definition) is 4. The predicted octanol–water partition coefficient (Wildman–Crippen LogP) is 1.76. The van der Waals surface area contributed by atoms with Crippen LogP contribution in [0.5, 0.6) is 0 Å². The van der Waals surface area contributed by atoms with Crippen LogP contribution in [-0.2, 0) is 4.79 Å². The first-order valence-corrected chi connectivity index (χ1v) is 7.58. The smallest absolute Gasteiger partial charge is 0.241 e. The van der Waals surface area contributed by atoms with Crippen LogP contribution in [0, 0.1) is 0 Å². The summed E-state index contributed by atoms with van der Waals surface area (Å²) in [5.41, 5.74) is 0.782. The second-order valence-corrected chi connectivity index (χ2v) is 5.59. The molecule has 0 spiro atoms. The Hall–Kier alpha value is -1.62. The van der Waals surface area contributed by atoms with Crippen LogP contribution in [0.25, 0.3) is 0 Å². The molecule has 1 aromatic heterocycles. The second kappa shape index (κ2) is 6.22. The number of piperidine rings is 1. The molecule has 5 nitrogen and oxygen atoms in total. The summed E-state index contributed by atoms with van der Waals surface area (Å²) in [6.07, 6.45) is 7.56. The number of nitrogens with zero attached hydrogens (tertiary/aromatic N) is 2. The van der Waals surface area contributed by atoms with Crippen molar-refractivity contribution in [3.63, 3.8) is 0 Å². The van der Waals surface area contributed by atoms with Crippen molar-refractivity contribution in [2.45, 2.75) is 38.1 Å². The minimum absolute atomic E-state index is 0.0447. The zero-order valence-corrected chi connectivity index (χ0v) is 11.8. The van der Waals surface area contributed by atoms with Crippen molar-refractivity contribution in [1.82, 2.24) is 10.3 Å². The van der Waals surface area contributed by atoms with E-state index in [9.17, 15) is 4.79 Å². The number of carbonyl (C=O) groups excluding carboxylic acids is 1. The predicted molar refractivity (Wildman–Crippen MR) is 80.0 cm³/mol. The Labute approximate surface area is 119 Å². The van der Waals surface area contributed by atoms with Crippen molar-refractivity contribution in [2.24, 2.45) is 0 Å². The molecule has 3 heterocycles. The molecule has 0 aromatic carbocycles. The molecule has 2 fully saturated rings. The number of pyridine rings is 1. The van der Waals surface area contributed by atoms with Crippen LogP contribution in [-0.4, -0.2) is 36.6 Å². The minimum Gasteiger partial charge on any atom is -0.357 e. The average molecular weight is 274 g/mol. The summed E-state index contributed by atoms with van der Waals surface area (Å²) in [5.74, 6) is 1.07. The minimum atomic E-state index is -0.0447. The molecule has 1 amide bonds. The molecular formula is C15H22N4O. The van der Waals surface area contributed by atoms with E-state index in [0.717, 1.165) is 44.0 Å². The second-order valence-electron chi connectivity index (χ2n) is 5.59. The Balaban J connectivity index is 1.59. The SMILES string of the molecule is O=C(Nc1ccc(N2CCCCC2)nc1)[C@@H]1CCCN1. The van der Waals surface area contributed by atoms with Crippen LogP contribution in [0.4, 0.5) is 11.5 Å². The van der Waals surface area contributed by atoms with Gasteiger partial charge in [0.2, 0.25) is 5.91 Å². The largest absolute Gasteiger partial charge is 0.357 e. The van der Waals surface area contributed by atoms with Crippen molar-refractivity contribution >= 4 is 17.4 Å². The lowest BCUT2D eigenvalue weighted by Gasteiger charge is -2.27. The molecule has 5 heteroatoms. The molecule has 1 atom stereocenters. The number of aromatic nitrogens is 1. The van der Waals surface area contributed by atoms with E-state index in [1.165, 1.54) is 19.3 Å². The number of anilines is 2. The standard InChI is InChI=1S/C15H22N4O/c20-15(13-5-4-8-16-13)18-12-6-7-14(17-11-12)19-9-2-1-3-10-19/h6-7,11,13,16H,1-5,8-10H2,(H,18,20)/t13-/m0/s1. The van der Waals surface area contributed by atoms with Gasteiger partial charge in [-0.1, -0.05) is 0 Å². The molecular weight excluding hydrogens is 252 g/mol. The maximum absolute atomic E-state index is 12.0. The van der Waals surface area contributed by atoms with Gasteiger partial charge in [-0.05, 0) is 50.8 Å². The Morgan fingerprint density at radius 1 is 1.25 bits per heavy atom. The number of rotatable bonds is 3. The molecule has 2 saturated heterocycles. The van der Waals surface area contributed by atoms with Gasteiger partial charge in [-0.25, -0.2) is 4.98 Å². The summed E-state index contributed by atoms with van der Waals surface area (Å²) in [6.45, 7) is 3.11. The maximum atomic E-state index is 12.0. The van der Waals surface area contributed by atoms with Crippen molar-refractivity contribution in [3.05, 3.63) is 18.3 Å². The van der Waals surface area contributed by atoms with Gasteiger partial charge in [-0.15, -0.1) is 0 Å². The number of hydrogen-bond donors (Lipinski definition) is 2. The van der Waals surface area contributed by atoms with Crippen LogP contribution in [0.3, 0.4) is 0 Å². The number of nitrogens with one attached hydrogen (secondary N) is 2. The molecule has 0 aliphatic carbocycles. The van der Waals surface area contributed by atoms with E-state index < -0.39 is 0 Å². The molecule has 20 heavy (non-hydrogen) atoms. The van der Waals surface area contributed by atoms with Crippen molar-refractivity contribution in [2.75, 3.05) is 29.9 Å². The van der Waals surface area contributed by atoms with E-state index in [4.69, 9.17) is 0 Å². The zero-order valence-electron chi connectivity index (χ0n) is 11.8. The van der Waals surface area contributed by atoms with Crippen molar-refractivity contribution in [3.8, 4) is 0 Å². The van der Waals surface area contributed by atoms with Crippen molar-refractivity contribution in [1.29, 1.82) is 0 Å². The summed E-state index contributed by atoms with van der Waals surface area (Å²) in [6, 6.07) is 3.91. The van der Waals surface area contributed by atoms with Gasteiger partial charge in [0.25, 0.3) is 0 Å². The third-order valence-corrected chi connectivity index (χ3v) is 4.07. The molecule has 2 N–H and O–H groups in total. The van der Waals surface area contributed by atoms with Gasteiger partial charge in [-0.2, -0.15) is 0 Å². The molecule has 0 unspecified atom stereocenters. The van der Waals surface area contributed by atoms with Gasteiger partial charge in [0.15, 0.2) is 0 Å². The Morgan fingerprint density at radius 3 is 2.75 bits per heavy atom. The summed E-state index contributed by atoms with van der Waals surface area (Å²) >= 11 is 0. The molecule has 108 valence electrons. The molecule has 2 aliphatic heterocycles. The first-order chi connectivity index (χ1) is 9.83. The van der Waals surface area contributed by atoms with Crippen LogP contribution >= 0.6 is 0 Å². The third-order valence-electron chi connectivity index (χ3n) is 4.07. The van der Waals surface area contributed by atoms with Gasteiger partial charge in [-0.3, -0.25) is 4.79 Å². The highest BCUT2D eigenvalue weighted by atomic mass is 16.2. The quantitative estimate of drug-likeness (QED) is 0.882. The van der Waals surface area contributed by atoms with Gasteiger partial charge >= 0.3 is 0 Å². The molecule has 0 radical (unpaired) electrons. The topological polar surface area (TPSA) is 57.3 Å². The van der Waals surface area contributed by atoms with Gasteiger partial charge in [0.05, 0.1) is 17.9 Å². The highest BCUT2D eigenvalue weighted by molar-refractivity contribution is 5.94. The first-order valence-electron chi connectivity index (χ1n) is 7.58. The molecule has 0 bridgehead atoms. The van der Waals surface area contributed by atoms with Crippen LogP contribution in [0.2, 0.25) is 0 Å². The summed E-state index contributed by atoms with van der Waals surface area (Å²) < 4.78 is 0. The lowest BCUT2D eigenvalue weighted by atomic mass is 10.1. The number of amides is 1. The van der Waals surface area contributed by atoms with E-state index in [1.807, 2.05) is 12.1 Å². The normalized spacial score (nSPS) is 22.8. The highest BCUT2D eigenvalue weighted by Gasteiger charge is 2.22. The fourth-order valence-electron chi connectivity index (χ4n) is 2.91. The van der Waals surface area contributed by atoms with Gasteiger partial charge in [0, 0.05) is 13.1 Å². The van der Waals surface area contributed by atoms with Crippen LogP contribution in [0.15, 0.2) is 18.3 Å². The van der Waals surface area contributed by atoms with E-state index in [1.54, 1.807) is 6.20 Å². The molecule has 2 aliphatic rings. The Bertz CT molecular complexity index is 447. The highest BCUT2D eigenvalue weighted by Crippen LogP contribution is 2.19. The van der Waals surface area contributed by atoms with E-state index in [2.05, 4.69) is 20.5 Å². The monoisotopic (exact) mass is 274 g/mol. The van der Waals surface area contributed by atoms with Gasteiger partial charge in [0.1, 0.15) is 5.82 Å². The summed E-state index contributed by atoms with van der Waals surface area (Å²) in [7, 11) is 0. The average Bonchev–Trinajstić information content (AvgIpc) is 3.03. The van der Waals surface area contributed by atoms with E-state index >= 15 is 0 Å².